The Hall–Kier alpha value is -3.42. The van der Waals surface area contributed by atoms with Crippen molar-refractivity contribution in [1.29, 1.82) is 0 Å². The van der Waals surface area contributed by atoms with Crippen molar-refractivity contribution < 1.29 is 14.6 Å². The first-order valence-corrected chi connectivity index (χ1v) is 13.7. The molecule has 0 aromatic heterocycles. The monoisotopic (exact) mass is 469 g/mol. The third kappa shape index (κ3) is 5.38. The maximum absolute atomic E-state index is 12.2. The lowest BCUT2D eigenvalue weighted by Gasteiger charge is -2.27. The molecule has 4 aromatic rings. The molecule has 0 heterocycles. The van der Waals surface area contributed by atoms with Gasteiger partial charge in [-0.2, -0.15) is 0 Å². The molecule has 4 aromatic carbocycles. The Bertz CT molecular complexity index is 1080. The van der Waals surface area contributed by atoms with Crippen molar-refractivity contribution in [2.24, 2.45) is 0 Å². The van der Waals surface area contributed by atoms with Gasteiger partial charge in [0.2, 0.25) is 0 Å². The fourth-order valence-corrected chi connectivity index (χ4v) is 8.81. The average molecular weight is 470 g/mol. The Kier molecular flexibility index (Phi) is 8.12. The SMILES string of the molecule is O=C(OCCCCC[P+](c1ccccc1)(c1ccccc1)c1ccccc1)c1ccccc1O. The number of ether oxygens (including phenoxy) is 1. The van der Waals surface area contributed by atoms with Crippen LogP contribution < -0.4 is 15.9 Å². The topological polar surface area (TPSA) is 46.5 Å². The summed E-state index contributed by atoms with van der Waals surface area (Å²) in [7, 11) is -1.82. The maximum Gasteiger partial charge on any atom is 0.341 e. The number of unbranched alkanes of at least 4 members (excludes halogenated alkanes) is 2. The first-order valence-electron chi connectivity index (χ1n) is 11.7. The molecule has 0 saturated carbocycles. The lowest BCUT2D eigenvalue weighted by atomic mass is 10.2. The van der Waals surface area contributed by atoms with E-state index in [0.29, 0.717) is 6.61 Å². The number of para-hydroxylation sites is 1. The molecule has 0 spiro atoms. The standard InChI is InChI=1S/C30H29O3P/c31-29-22-12-11-21-28(29)30(32)33-23-13-4-14-24-34(25-15-5-1-6-16-25,26-17-7-2-8-18-26)27-19-9-3-10-20-27/h1-3,5-12,15-22H,4,13-14,23-24H2/p+1. The highest BCUT2D eigenvalue weighted by Gasteiger charge is 2.44. The summed E-state index contributed by atoms with van der Waals surface area (Å²) in [5, 5.41) is 14.0. The van der Waals surface area contributed by atoms with Crippen LogP contribution in [0.1, 0.15) is 29.6 Å². The predicted octanol–water partition coefficient (Wildman–Crippen LogP) is 5.71. The van der Waals surface area contributed by atoms with Crippen molar-refractivity contribution in [2.75, 3.05) is 12.8 Å². The second kappa shape index (κ2) is 11.6. The summed E-state index contributed by atoms with van der Waals surface area (Å²) in [6.45, 7) is 0.348. The molecule has 3 nitrogen and oxygen atoms in total. The van der Waals surface area contributed by atoms with E-state index in [4.69, 9.17) is 4.74 Å². The molecule has 4 rings (SSSR count). The molecule has 0 aliphatic heterocycles. The van der Waals surface area contributed by atoms with E-state index in [9.17, 15) is 9.90 Å². The van der Waals surface area contributed by atoms with Gasteiger partial charge in [-0.05, 0) is 67.8 Å². The molecule has 0 radical (unpaired) electrons. The number of hydrogen-bond acceptors (Lipinski definition) is 3. The molecule has 0 aliphatic rings. The van der Waals surface area contributed by atoms with Gasteiger partial charge in [0, 0.05) is 0 Å². The van der Waals surface area contributed by atoms with Gasteiger partial charge in [-0.3, -0.25) is 0 Å². The highest BCUT2D eigenvalue weighted by molar-refractivity contribution is 7.95. The quantitative estimate of drug-likeness (QED) is 0.184. The summed E-state index contributed by atoms with van der Waals surface area (Å²) in [5.74, 6) is -0.520. The fraction of sp³-hybridized carbons (Fsp3) is 0.167. The normalized spacial score (nSPS) is 11.2. The second-order valence-corrected chi connectivity index (χ2v) is 11.9. The molecule has 0 bridgehead atoms. The van der Waals surface area contributed by atoms with Crippen LogP contribution in [0, 0.1) is 0 Å². The van der Waals surface area contributed by atoms with Gasteiger partial charge in [0.25, 0.3) is 0 Å². The summed E-state index contributed by atoms with van der Waals surface area (Å²) in [5.41, 5.74) is 0.213. The van der Waals surface area contributed by atoms with E-state index < -0.39 is 13.2 Å². The van der Waals surface area contributed by atoms with Gasteiger partial charge in [-0.1, -0.05) is 66.7 Å². The van der Waals surface area contributed by atoms with E-state index >= 15 is 0 Å². The van der Waals surface area contributed by atoms with Crippen LogP contribution in [0.25, 0.3) is 0 Å². The highest BCUT2D eigenvalue weighted by atomic mass is 31.2. The van der Waals surface area contributed by atoms with E-state index in [1.54, 1.807) is 18.2 Å². The van der Waals surface area contributed by atoms with E-state index in [2.05, 4.69) is 91.0 Å². The minimum absolute atomic E-state index is 0.0457. The number of phenolic OH excluding ortho intramolecular Hbond substituents is 1. The third-order valence-electron chi connectivity index (χ3n) is 6.09. The second-order valence-electron chi connectivity index (χ2n) is 8.25. The molecule has 34 heavy (non-hydrogen) atoms. The number of esters is 1. The number of phenols is 1. The summed E-state index contributed by atoms with van der Waals surface area (Å²) in [6.07, 6.45) is 3.83. The van der Waals surface area contributed by atoms with Crippen molar-refractivity contribution >= 4 is 29.1 Å². The minimum atomic E-state index is -1.82. The van der Waals surface area contributed by atoms with Gasteiger partial charge in [0.15, 0.2) is 0 Å². The lowest BCUT2D eigenvalue weighted by molar-refractivity contribution is 0.0495. The van der Waals surface area contributed by atoms with Crippen LogP contribution in [-0.2, 0) is 4.74 Å². The largest absolute Gasteiger partial charge is 0.507 e. The maximum atomic E-state index is 12.2. The van der Waals surface area contributed by atoms with E-state index in [0.717, 1.165) is 25.4 Å². The third-order valence-corrected chi connectivity index (χ3v) is 10.6. The van der Waals surface area contributed by atoms with Crippen LogP contribution in [0.5, 0.6) is 5.75 Å². The van der Waals surface area contributed by atoms with Gasteiger partial charge >= 0.3 is 5.97 Å². The molecular weight excluding hydrogens is 439 g/mol. The average Bonchev–Trinajstić information content (AvgIpc) is 2.90. The predicted molar refractivity (Wildman–Crippen MR) is 142 cm³/mol. The van der Waals surface area contributed by atoms with Crippen molar-refractivity contribution in [3.8, 4) is 5.75 Å². The summed E-state index contributed by atoms with van der Waals surface area (Å²) < 4.78 is 5.41. The van der Waals surface area contributed by atoms with Gasteiger partial charge in [0.1, 0.15) is 34.5 Å². The Balaban J connectivity index is 1.48. The zero-order chi connectivity index (χ0) is 23.6. The molecule has 4 heteroatoms. The van der Waals surface area contributed by atoms with Gasteiger partial charge in [-0.25, -0.2) is 4.79 Å². The fourth-order valence-electron chi connectivity index (χ4n) is 4.40. The summed E-state index contributed by atoms with van der Waals surface area (Å²) in [4.78, 5) is 12.2. The molecule has 0 aliphatic carbocycles. The van der Waals surface area contributed by atoms with Crippen molar-refractivity contribution in [1.82, 2.24) is 0 Å². The van der Waals surface area contributed by atoms with Crippen LogP contribution in [0.2, 0.25) is 0 Å². The molecule has 172 valence electrons. The Morgan fingerprint density at radius 1 is 0.618 bits per heavy atom. The molecular formula is C30H30O3P+. The molecule has 1 N–H and O–H groups in total. The van der Waals surface area contributed by atoms with Gasteiger partial charge in [-0.15, -0.1) is 0 Å². The molecule has 0 amide bonds. The number of carbonyl (C=O) groups excluding carboxylic acids is 1. The number of hydrogen-bond donors (Lipinski definition) is 1. The lowest BCUT2D eigenvalue weighted by Crippen LogP contribution is -2.33. The van der Waals surface area contributed by atoms with Crippen LogP contribution in [0.4, 0.5) is 0 Å². The molecule has 0 fully saturated rings. The molecule has 0 atom stereocenters. The van der Waals surface area contributed by atoms with E-state index in [1.807, 2.05) is 0 Å². The first kappa shape index (κ1) is 23.7. The van der Waals surface area contributed by atoms with Gasteiger partial charge < -0.3 is 9.84 Å². The zero-order valence-corrected chi connectivity index (χ0v) is 20.1. The van der Waals surface area contributed by atoms with Crippen molar-refractivity contribution in [3.63, 3.8) is 0 Å². The molecule has 0 unspecified atom stereocenters. The Morgan fingerprint density at radius 3 is 1.59 bits per heavy atom. The number of rotatable bonds is 10. The first-order chi connectivity index (χ1) is 16.7. The van der Waals surface area contributed by atoms with Crippen molar-refractivity contribution in [2.45, 2.75) is 19.3 Å². The minimum Gasteiger partial charge on any atom is -0.507 e. The van der Waals surface area contributed by atoms with Crippen LogP contribution in [0.15, 0.2) is 115 Å². The highest BCUT2D eigenvalue weighted by Crippen LogP contribution is 2.55. The van der Waals surface area contributed by atoms with Crippen molar-refractivity contribution in [3.05, 3.63) is 121 Å². The van der Waals surface area contributed by atoms with Crippen LogP contribution in [0.3, 0.4) is 0 Å². The summed E-state index contributed by atoms with van der Waals surface area (Å²) in [6, 6.07) is 39.1. The zero-order valence-electron chi connectivity index (χ0n) is 19.2. The smallest absolute Gasteiger partial charge is 0.341 e. The number of aromatic hydroxyl groups is 1. The van der Waals surface area contributed by atoms with E-state index in [-0.39, 0.29) is 11.3 Å². The number of benzene rings is 4. The van der Waals surface area contributed by atoms with E-state index in [1.165, 1.54) is 22.0 Å². The Labute approximate surface area is 202 Å². The summed E-state index contributed by atoms with van der Waals surface area (Å²) >= 11 is 0. The number of carbonyl (C=O) groups is 1. The van der Waals surface area contributed by atoms with Crippen LogP contribution >= 0.6 is 7.26 Å². The Morgan fingerprint density at radius 2 is 1.09 bits per heavy atom. The van der Waals surface area contributed by atoms with Crippen LogP contribution in [-0.4, -0.2) is 23.8 Å². The van der Waals surface area contributed by atoms with Gasteiger partial charge in [0.05, 0.1) is 12.8 Å². The molecule has 0 saturated heterocycles.